The van der Waals surface area contributed by atoms with Crippen LogP contribution in [0.3, 0.4) is 0 Å². The smallest absolute Gasteiger partial charge is 0.343 e. The first-order valence-corrected chi connectivity index (χ1v) is 8.43. The first kappa shape index (κ1) is 27.5. The normalized spacial score (nSPS) is 13.2. The summed E-state index contributed by atoms with van der Waals surface area (Å²) in [7, 11) is 0. The zero-order valence-corrected chi connectivity index (χ0v) is 19.3. The molecule has 0 fully saturated rings. The van der Waals surface area contributed by atoms with Crippen molar-refractivity contribution in [1.29, 1.82) is 0 Å². The molecule has 0 heterocycles. The molecule has 2 rings (SSSR count). The minimum Gasteiger partial charge on any atom is -0.343 e. The molecule has 1 aliphatic carbocycles. The Morgan fingerprint density at radius 2 is 1.55 bits per heavy atom. The number of fused-ring (bicyclic) bond motifs is 1. The number of hydrogen-bond donors (Lipinski definition) is 0. The first-order valence-electron chi connectivity index (χ1n) is 7.64. The average molecular weight is 409 g/mol. The van der Waals surface area contributed by atoms with Crippen LogP contribution in [0.1, 0.15) is 63.5 Å². The predicted molar refractivity (Wildman–Crippen MR) is 95.5 cm³/mol. The molecule has 0 nitrogen and oxygen atoms in total. The van der Waals surface area contributed by atoms with E-state index in [0.717, 1.165) is 19.3 Å². The first-order chi connectivity index (χ1) is 9.74. The number of aryl methyl sites for hydroxylation is 1. The quantitative estimate of drug-likeness (QED) is 0.516. The van der Waals surface area contributed by atoms with Gasteiger partial charge in [-0.15, -0.1) is 11.6 Å². The number of rotatable bonds is 2. The molecule has 0 N–H and O–H groups in total. The maximum Gasteiger partial charge on any atom is 2.00 e. The van der Waals surface area contributed by atoms with Gasteiger partial charge in [-0.1, -0.05) is 51.3 Å². The summed E-state index contributed by atoms with van der Waals surface area (Å²) in [4.78, 5) is 3.09. The molecule has 0 aromatic heterocycles. The number of halogens is 1. The molecule has 0 saturated carbocycles. The summed E-state index contributed by atoms with van der Waals surface area (Å²) in [5, 5.41) is 0. The maximum absolute atomic E-state index is 3.60. The van der Waals surface area contributed by atoms with Crippen molar-refractivity contribution < 1.29 is 38.3 Å². The standard InChI is InChI=1S/C11H10Br.2C4H9.Li.Zn/c12-8-10-6-3-5-9-4-1-2-7-11(9)10;2*1-3-4-2;;/h1-2,4,7H,3,5-6H2;2*1,3-4H2,2H3;;/q3*-1;+1;+2. The van der Waals surface area contributed by atoms with Crippen molar-refractivity contribution in [2.45, 2.75) is 58.8 Å². The third kappa shape index (κ3) is 12.1. The molecule has 1 aromatic carbocycles. The molecule has 0 unspecified atom stereocenters. The Kier molecular flexibility index (Phi) is 24.6. The van der Waals surface area contributed by atoms with Gasteiger partial charge in [0.25, 0.3) is 0 Å². The van der Waals surface area contributed by atoms with Gasteiger partial charge in [0.05, 0.1) is 0 Å². The van der Waals surface area contributed by atoms with Crippen molar-refractivity contribution in [3.8, 4) is 0 Å². The van der Waals surface area contributed by atoms with Crippen molar-refractivity contribution in [2.75, 3.05) is 0 Å². The Labute approximate surface area is 172 Å². The Morgan fingerprint density at radius 3 is 2.00 bits per heavy atom. The van der Waals surface area contributed by atoms with Crippen LogP contribution in [0.25, 0.3) is 5.57 Å². The van der Waals surface area contributed by atoms with E-state index in [1.807, 2.05) is 0 Å². The molecule has 0 atom stereocenters. The summed E-state index contributed by atoms with van der Waals surface area (Å²) in [6.07, 6.45) is 8.18. The van der Waals surface area contributed by atoms with Gasteiger partial charge in [0, 0.05) is 0 Å². The summed E-state index contributed by atoms with van der Waals surface area (Å²) in [5.74, 6) is 0. The van der Waals surface area contributed by atoms with Crippen LogP contribution in [0.2, 0.25) is 0 Å². The Bertz CT molecular complexity index is 369. The van der Waals surface area contributed by atoms with Crippen molar-refractivity contribution in [3.05, 3.63) is 54.2 Å². The van der Waals surface area contributed by atoms with Crippen LogP contribution in [0.5, 0.6) is 0 Å². The number of benzene rings is 1. The van der Waals surface area contributed by atoms with Gasteiger partial charge < -0.3 is 13.8 Å². The minimum atomic E-state index is 0. The molecule has 114 valence electrons. The molecule has 0 aliphatic heterocycles. The zero-order valence-electron chi connectivity index (χ0n) is 14.8. The van der Waals surface area contributed by atoms with E-state index in [9.17, 15) is 0 Å². The molecule has 0 bridgehead atoms. The largest absolute Gasteiger partial charge is 2.00 e. The van der Waals surface area contributed by atoms with Crippen LogP contribution in [0.4, 0.5) is 0 Å². The fraction of sp³-hybridized carbons (Fsp3) is 0.474. The third-order valence-corrected chi connectivity index (χ3v) is 3.52. The predicted octanol–water partition coefficient (Wildman–Crippen LogP) is 3.80. The van der Waals surface area contributed by atoms with Gasteiger partial charge in [0.1, 0.15) is 0 Å². The Balaban J connectivity index is -0.000000310. The van der Waals surface area contributed by atoms with E-state index in [-0.39, 0.29) is 38.3 Å². The van der Waals surface area contributed by atoms with Crippen LogP contribution < -0.4 is 18.9 Å². The van der Waals surface area contributed by atoms with Crippen molar-refractivity contribution in [2.24, 2.45) is 0 Å². The van der Waals surface area contributed by atoms with Gasteiger partial charge in [0.15, 0.2) is 0 Å². The zero-order chi connectivity index (χ0) is 15.2. The minimum absolute atomic E-state index is 0. The van der Waals surface area contributed by atoms with Crippen molar-refractivity contribution >= 4 is 21.5 Å². The summed E-state index contributed by atoms with van der Waals surface area (Å²) in [6.45, 7) is 11.4. The molecule has 0 radical (unpaired) electrons. The van der Waals surface area contributed by atoms with Crippen molar-refractivity contribution in [1.82, 2.24) is 0 Å². The van der Waals surface area contributed by atoms with Gasteiger partial charge in [-0.25, -0.2) is 5.57 Å². The van der Waals surface area contributed by atoms with Crippen molar-refractivity contribution in [3.63, 3.8) is 0 Å². The second-order valence-electron chi connectivity index (χ2n) is 4.79. The van der Waals surface area contributed by atoms with E-state index < -0.39 is 0 Å². The number of hydrogen-bond acceptors (Lipinski definition) is 0. The van der Waals surface area contributed by atoms with Crippen LogP contribution in [0, 0.1) is 18.8 Å². The summed E-state index contributed by atoms with van der Waals surface area (Å²) in [6, 6.07) is 8.58. The molecule has 1 aliphatic rings. The molecule has 1 aromatic rings. The fourth-order valence-electron chi connectivity index (χ4n) is 1.72. The molecule has 0 spiro atoms. The Hall–Kier alpha value is 0.661. The van der Waals surface area contributed by atoms with E-state index in [1.165, 1.54) is 42.4 Å². The molecule has 22 heavy (non-hydrogen) atoms. The van der Waals surface area contributed by atoms with Crippen LogP contribution in [0.15, 0.2) is 24.3 Å². The summed E-state index contributed by atoms with van der Waals surface area (Å²) >= 11 is 3.29. The summed E-state index contributed by atoms with van der Waals surface area (Å²) in [5.41, 5.74) is 4.16. The monoisotopic (exact) mass is 406 g/mol. The molecule has 0 saturated heterocycles. The van der Waals surface area contributed by atoms with Gasteiger partial charge in [-0.2, -0.15) is 39.3 Å². The van der Waals surface area contributed by atoms with E-state index in [0.29, 0.717) is 0 Å². The van der Waals surface area contributed by atoms with E-state index >= 15 is 0 Å². The van der Waals surface area contributed by atoms with E-state index in [1.54, 1.807) is 0 Å². The van der Waals surface area contributed by atoms with Gasteiger partial charge in [0.2, 0.25) is 0 Å². The van der Waals surface area contributed by atoms with Crippen LogP contribution in [-0.2, 0) is 25.9 Å². The second kappa shape index (κ2) is 19.7. The van der Waals surface area contributed by atoms with E-state index in [2.05, 4.69) is 72.9 Å². The number of unbranched alkanes of at least 4 members (excludes halogenated alkanes) is 2. The van der Waals surface area contributed by atoms with Gasteiger partial charge in [-0.05, 0) is 12.8 Å². The average Bonchev–Trinajstić information content (AvgIpc) is 2.54. The van der Waals surface area contributed by atoms with E-state index in [4.69, 9.17) is 0 Å². The third-order valence-electron chi connectivity index (χ3n) is 3.04. The van der Waals surface area contributed by atoms with Crippen LogP contribution in [-0.4, -0.2) is 0 Å². The van der Waals surface area contributed by atoms with Gasteiger partial charge >= 0.3 is 38.3 Å². The fourth-order valence-corrected chi connectivity index (χ4v) is 2.13. The molecular weight excluding hydrogens is 380 g/mol. The summed E-state index contributed by atoms with van der Waals surface area (Å²) < 4.78 is 0. The van der Waals surface area contributed by atoms with Gasteiger partial charge in [-0.3, -0.25) is 0 Å². The molecule has 3 heteroatoms. The van der Waals surface area contributed by atoms with Crippen LogP contribution >= 0.6 is 15.9 Å². The SMILES string of the molecule is Br[C-]=C1CCCc2ccccc21.[CH2-]CCC.[CH2-]CCC.[Li+].[Zn+2]. The number of allylic oxidation sites excluding steroid dienone is 1. The topological polar surface area (TPSA) is 0 Å². The molecule has 0 amide bonds. The second-order valence-corrected chi connectivity index (χ2v) is 5.19. The molecular formula is C19H28BrLiZn. The maximum atomic E-state index is 3.60. The Morgan fingerprint density at radius 1 is 1.05 bits per heavy atom.